The van der Waals surface area contributed by atoms with Crippen LogP contribution in [0.5, 0.6) is 0 Å². The zero-order chi connectivity index (χ0) is 11.4. The van der Waals surface area contributed by atoms with E-state index in [9.17, 15) is 4.79 Å². The summed E-state index contributed by atoms with van der Waals surface area (Å²) in [7, 11) is 3.90. The molecule has 1 aromatic carbocycles. The highest BCUT2D eigenvalue weighted by atomic mass is 79.9. The highest BCUT2D eigenvalue weighted by Crippen LogP contribution is 2.27. The smallest absolute Gasteiger partial charge is 0.303 e. The molecule has 0 spiro atoms. The lowest BCUT2D eigenvalue weighted by atomic mass is 10.1. The number of carbonyl (C=O) groups is 1. The minimum Gasteiger partial charge on any atom is -0.481 e. The fourth-order valence-corrected chi connectivity index (χ4v) is 2.00. The summed E-state index contributed by atoms with van der Waals surface area (Å²) in [6.07, 6.45) is 0.702. The molecule has 0 aromatic heterocycles. The van der Waals surface area contributed by atoms with Gasteiger partial charge >= 0.3 is 5.97 Å². The van der Waals surface area contributed by atoms with E-state index in [0.717, 1.165) is 15.7 Å². The van der Waals surface area contributed by atoms with E-state index in [-0.39, 0.29) is 6.42 Å². The molecule has 4 heteroatoms. The molecule has 0 saturated carbocycles. The molecular formula is C11H14BrNO2. The quantitative estimate of drug-likeness (QED) is 0.915. The van der Waals surface area contributed by atoms with Gasteiger partial charge in [0.1, 0.15) is 0 Å². The maximum Gasteiger partial charge on any atom is 0.303 e. The summed E-state index contributed by atoms with van der Waals surface area (Å²) in [6.45, 7) is 0. The Hall–Kier alpha value is -1.03. The SMILES string of the molecule is CN(C)c1cccc(Br)c1CCC(=O)O. The number of hydrogen-bond acceptors (Lipinski definition) is 2. The van der Waals surface area contributed by atoms with Crippen molar-refractivity contribution in [3.63, 3.8) is 0 Å². The van der Waals surface area contributed by atoms with Crippen molar-refractivity contribution in [3.8, 4) is 0 Å². The molecule has 0 aliphatic carbocycles. The zero-order valence-corrected chi connectivity index (χ0v) is 10.4. The molecule has 0 aliphatic rings. The van der Waals surface area contributed by atoms with Crippen molar-refractivity contribution in [2.45, 2.75) is 12.8 Å². The summed E-state index contributed by atoms with van der Waals surface area (Å²) in [5.74, 6) is -0.768. The second-order valence-corrected chi connectivity index (χ2v) is 4.38. The molecule has 82 valence electrons. The highest BCUT2D eigenvalue weighted by molar-refractivity contribution is 9.10. The van der Waals surface area contributed by atoms with Crippen LogP contribution in [0.4, 0.5) is 5.69 Å². The van der Waals surface area contributed by atoms with Crippen molar-refractivity contribution in [2.75, 3.05) is 19.0 Å². The van der Waals surface area contributed by atoms with Gasteiger partial charge in [0.15, 0.2) is 0 Å². The van der Waals surface area contributed by atoms with Gasteiger partial charge in [-0.2, -0.15) is 0 Å². The van der Waals surface area contributed by atoms with Crippen LogP contribution >= 0.6 is 15.9 Å². The van der Waals surface area contributed by atoms with Gasteiger partial charge in [-0.3, -0.25) is 4.79 Å². The van der Waals surface area contributed by atoms with Crippen molar-refractivity contribution in [2.24, 2.45) is 0 Å². The number of carboxylic acid groups (broad SMARTS) is 1. The third-order valence-corrected chi connectivity index (χ3v) is 2.91. The van der Waals surface area contributed by atoms with Crippen molar-refractivity contribution in [3.05, 3.63) is 28.2 Å². The summed E-state index contributed by atoms with van der Waals surface area (Å²) < 4.78 is 0.968. The van der Waals surface area contributed by atoms with Gasteiger partial charge in [-0.1, -0.05) is 22.0 Å². The number of rotatable bonds is 4. The normalized spacial score (nSPS) is 10.1. The Balaban J connectivity index is 2.97. The van der Waals surface area contributed by atoms with Crippen LogP contribution in [-0.2, 0) is 11.2 Å². The second-order valence-electron chi connectivity index (χ2n) is 3.53. The summed E-state index contributed by atoms with van der Waals surface area (Å²) in [5.41, 5.74) is 2.11. The van der Waals surface area contributed by atoms with Gasteiger partial charge < -0.3 is 10.0 Å². The number of aliphatic carboxylic acids is 1. The molecule has 0 radical (unpaired) electrons. The minimum absolute atomic E-state index is 0.156. The standard InChI is InChI=1S/C11H14BrNO2/c1-13(2)10-5-3-4-9(12)8(10)6-7-11(14)15/h3-5H,6-7H2,1-2H3,(H,14,15). The molecule has 1 aromatic rings. The zero-order valence-electron chi connectivity index (χ0n) is 8.83. The first-order valence-corrected chi connectivity index (χ1v) is 5.48. The van der Waals surface area contributed by atoms with Gasteiger partial charge in [0.2, 0.25) is 0 Å². The molecule has 0 bridgehead atoms. The van der Waals surface area contributed by atoms with E-state index in [4.69, 9.17) is 5.11 Å². The lowest BCUT2D eigenvalue weighted by Gasteiger charge is -2.18. The van der Waals surface area contributed by atoms with Crippen molar-refractivity contribution < 1.29 is 9.90 Å². The molecule has 1 rings (SSSR count). The largest absolute Gasteiger partial charge is 0.481 e. The van der Waals surface area contributed by atoms with Crippen LogP contribution in [0.3, 0.4) is 0 Å². The number of halogens is 1. The Morgan fingerprint density at radius 3 is 2.67 bits per heavy atom. The summed E-state index contributed by atoms with van der Waals surface area (Å²) in [6, 6.07) is 5.87. The molecule has 0 fully saturated rings. The summed E-state index contributed by atoms with van der Waals surface area (Å²) in [5, 5.41) is 8.67. The van der Waals surface area contributed by atoms with Crippen LogP contribution in [0.2, 0.25) is 0 Å². The Bertz CT molecular complexity index is 364. The van der Waals surface area contributed by atoms with Crippen LogP contribution in [0, 0.1) is 0 Å². The molecule has 0 aliphatic heterocycles. The molecule has 0 saturated heterocycles. The predicted molar refractivity (Wildman–Crippen MR) is 64.4 cm³/mol. The fourth-order valence-electron chi connectivity index (χ4n) is 1.45. The lowest BCUT2D eigenvalue weighted by molar-refractivity contribution is -0.136. The maximum atomic E-state index is 10.5. The monoisotopic (exact) mass is 271 g/mol. The van der Waals surface area contributed by atoms with Crippen LogP contribution in [0.25, 0.3) is 0 Å². The van der Waals surface area contributed by atoms with E-state index in [1.807, 2.05) is 37.2 Å². The first kappa shape index (κ1) is 12.0. The van der Waals surface area contributed by atoms with Gasteiger partial charge in [0.05, 0.1) is 0 Å². The average Bonchev–Trinajstić information content (AvgIpc) is 2.15. The minimum atomic E-state index is -0.768. The molecule has 0 amide bonds. The van der Waals surface area contributed by atoms with Gasteiger partial charge in [0, 0.05) is 30.7 Å². The number of anilines is 1. The Morgan fingerprint density at radius 1 is 1.47 bits per heavy atom. The van der Waals surface area contributed by atoms with Gasteiger partial charge in [-0.05, 0) is 24.1 Å². The molecule has 15 heavy (non-hydrogen) atoms. The first-order chi connectivity index (χ1) is 7.02. The molecule has 0 atom stereocenters. The predicted octanol–water partition coefficient (Wildman–Crippen LogP) is 2.53. The highest BCUT2D eigenvalue weighted by Gasteiger charge is 2.09. The molecule has 0 unspecified atom stereocenters. The Morgan fingerprint density at radius 2 is 2.13 bits per heavy atom. The van der Waals surface area contributed by atoms with Crippen LogP contribution in [0.15, 0.2) is 22.7 Å². The summed E-state index contributed by atoms with van der Waals surface area (Å²) in [4.78, 5) is 12.5. The lowest BCUT2D eigenvalue weighted by Crippen LogP contribution is -2.12. The maximum absolute atomic E-state index is 10.5. The van der Waals surface area contributed by atoms with Gasteiger partial charge in [-0.25, -0.2) is 0 Å². The molecular weight excluding hydrogens is 258 g/mol. The van der Waals surface area contributed by atoms with E-state index in [1.54, 1.807) is 0 Å². The van der Waals surface area contributed by atoms with Crippen LogP contribution in [0.1, 0.15) is 12.0 Å². The van der Waals surface area contributed by atoms with E-state index in [1.165, 1.54) is 0 Å². The first-order valence-electron chi connectivity index (χ1n) is 4.69. The van der Waals surface area contributed by atoms with Crippen molar-refractivity contribution in [1.82, 2.24) is 0 Å². The Labute approximate surface area is 97.8 Å². The number of benzene rings is 1. The van der Waals surface area contributed by atoms with E-state index in [0.29, 0.717) is 6.42 Å². The second kappa shape index (κ2) is 5.16. The van der Waals surface area contributed by atoms with E-state index in [2.05, 4.69) is 15.9 Å². The van der Waals surface area contributed by atoms with Gasteiger partial charge in [-0.15, -0.1) is 0 Å². The fraction of sp³-hybridized carbons (Fsp3) is 0.364. The van der Waals surface area contributed by atoms with Gasteiger partial charge in [0.25, 0.3) is 0 Å². The summed E-state index contributed by atoms with van der Waals surface area (Å²) >= 11 is 3.45. The van der Waals surface area contributed by atoms with Crippen molar-refractivity contribution in [1.29, 1.82) is 0 Å². The van der Waals surface area contributed by atoms with Crippen LogP contribution in [-0.4, -0.2) is 25.2 Å². The van der Waals surface area contributed by atoms with Crippen LogP contribution < -0.4 is 4.90 Å². The van der Waals surface area contributed by atoms with Crippen molar-refractivity contribution >= 4 is 27.6 Å². The molecule has 0 heterocycles. The number of nitrogens with zero attached hydrogens (tertiary/aromatic N) is 1. The third kappa shape index (κ3) is 3.23. The number of carboxylic acids is 1. The average molecular weight is 272 g/mol. The Kier molecular flexibility index (Phi) is 4.15. The third-order valence-electron chi connectivity index (χ3n) is 2.16. The molecule has 1 N–H and O–H groups in total. The molecule has 3 nitrogen and oxygen atoms in total. The van der Waals surface area contributed by atoms with E-state index >= 15 is 0 Å². The van der Waals surface area contributed by atoms with E-state index < -0.39 is 5.97 Å². The number of hydrogen-bond donors (Lipinski definition) is 1. The topological polar surface area (TPSA) is 40.5 Å².